The summed E-state index contributed by atoms with van der Waals surface area (Å²) in [6, 6.07) is 0. The SMILES string of the molecule is CC(C)C(C)CNCC(C)(C)CO. The van der Waals surface area contributed by atoms with Crippen LogP contribution < -0.4 is 5.32 Å². The van der Waals surface area contributed by atoms with E-state index in [1.54, 1.807) is 0 Å². The quantitative estimate of drug-likeness (QED) is 0.665. The average Bonchev–Trinajstić information content (AvgIpc) is 2.04. The van der Waals surface area contributed by atoms with Gasteiger partial charge in [-0.25, -0.2) is 0 Å². The topological polar surface area (TPSA) is 32.3 Å². The first-order valence-corrected chi connectivity index (χ1v) is 5.20. The lowest BCUT2D eigenvalue weighted by Crippen LogP contribution is -2.35. The fourth-order valence-electron chi connectivity index (χ4n) is 0.930. The summed E-state index contributed by atoms with van der Waals surface area (Å²) in [5.74, 6) is 1.43. The highest BCUT2D eigenvalue weighted by atomic mass is 16.3. The van der Waals surface area contributed by atoms with E-state index in [1.165, 1.54) is 0 Å². The highest BCUT2D eigenvalue weighted by Gasteiger charge is 2.16. The van der Waals surface area contributed by atoms with E-state index in [-0.39, 0.29) is 12.0 Å². The molecule has 0 rings (SSSR count). The Kier molecular flexibility index (Phi) is 5.57. The molecule has 0 saturated carbocycles. The van der Waals surface area contributed by atoms with Gasteiger partial charge in [-0.3, -0.25) is 0 Å². The monoisotopic (exact) mass is 187 g/mol. The Morgan fingerprint density at radius 2 is 1.77 bits per heavy atom. The van der Waals surface area contributed by atoms with Gasteiger partial charge in [0.05, 0.1) is 0 Å². The van der Waals surface area contributed by atoms with Crippen molar-refractivity contribution >= 4 is 0 Å². The molecule has 1 atom stereocenters. The van der Waals surface area contributed by atoms with Crippen LogP contribution in [0.1, 0.15) is 34.6 Å². The van der Waals surface area contributed by atoms with Gasteiger partial charge in [0.1, 0.15) is 0 Å². The van der Waals surface area contributed by atoms with Crippen LogP contribution in [0.3, 0.4) is 0 Å². The molecule has 0 aromatic rings. The van der Waals surface area contributed by atoms with Crippen molar-refractivity contribution in [2.24, 2.45) is 17.3 Å². The van der Waals surface area contributed by atoms with Crippen molar-refractivity contribution in [1.82, 2.24) is 5.32 Å². The Morgan fingerprint density at radius 1 is 1.23 bits per heavy atom. The van der Waals surface area contributed by atoms with Crippen LogP contribution in [0.2, 0.25) is 0 Å². The van der Waals surface area contributed by atoms with Crippen LogP contribution in [0.25, 0.3) is 0 Å². The molecule has 0 aromatic carbocycles. The number of hydrogen-bond acceptors (Lipinski definition) is 2. The highest BCUT2D eigenvalue weighted by molar-refractivity contribution is 4.71. The fourth-order valence-corrected chi connectivity index (χ4v) is 0.930. The van der Waals surface area contributed by atoms with Crippen LogP contribution in [0, 0.1) is 17.3 Å². The number of aliphatic hydroxyl groups is 1. The summed E-state index contributed by atoms with van der Waals surface area (Å²) in [4.78, 5) is 0. The van der Waals surface area contributed by atoms with Gasteiger partial charge >= 0.3 is 0 Å². The summed E-state index contributed by atoms with van der Waals surface area (Å²) in [6.45, 7) is 13.1. The van der Waals surface area contributed by atoms with Crippen LogP contribution in [0.15, 0.2) is 0 Å². The molecule has 1 unspecified atom stereocenters. The molecule has 0 aliphatic rings. The normalized spacial score (nSPS) is 15.0. The summed E-state index contributed by atoms with van der Waals surface area (Å²) in [5, 5.41) is 12.4. The van der Waals surface area contributed by atoms with Gasteiger partial charge in [0.2, 0.25) is 0 Å². The molecule has 13 heavy (non-hydrogen) atoms. The molecule has 0 aliphatic heterocycles. The average molecular weight is 187 g/mol. The third-order valence-electron chi connectivity index (χ3n) is 2.64. The van der Waals surface area contributed by atoms with Gasteiger partial charge < -0.3 is 10.4 Å². The molecule has 0 spiro atoms. The van der Waals surface area contributed by atoms with E-state index in [9.17, 15) is 0 Å². The number of rotatable bonds is 6. The maximum Gasteiger partial charge on any atom is 0.0494 e. The molecule has 80 valence electrons. The van der Waals surface area contributed by atoms with Crippen LogP contribution in [-0.2, 0) is 0 Å². The van der Waals surface area contributed by atoms with Crippen molar-refractivity contribution in [2.75, 3.05) is 19.7 Å². The molecule has 0 radical (unpaired) electrons. The molecule has 2 heteroatoms. The summed E-state index contributed by atoms with van der Waals surface area (Å²) in [5.41, 5.74) is 0.0106. The van der Waals surface area contributed by atoms with Gasteiger partial charge in [-0.1, -0.05) is 34.6 Å². The van der Waals surface area contributed by atoms with Gasteiger partial charge in [0.15, 0.2) is 0 Å². The lowest BCUT2D eigenvalue weighted by molar-refractivity contribution is 0.154. The first-order valence-electron chi connectivity index (χ1n) is 5.20. The van der Waals surface area contributed by atoms with E-state index in [0.29, 0.717) is 5.92 Å². The molecule has 0 heterocycles. The van der Waals surface area contributed by atoms with Crippen molar-refractivity contribution in [3.63, 3.8) is 0 Å². The molecule has 0 saturated heterocycles. The molecular formula is C11H25NO. The third-order valence-corrected chi connectivity index (χ3v) is 2.64. The van der Waals surface area contributed by atoms with Crippen molar-refractivity contribution in [1.29, 1.82) is 0 Å². The third kappa shape index (κ3) is 6.05. The van der Waals surface area contributed by atoms with Gasteiger partial charge in [0.25, 0.3) is 0 Å². The number of hydrogen-bond donors (Lipinski definition) is 2. The number of nitrogens with one attached hydrogen (secondary N) is 1. The lowest BCUT2D eigenvalue weighted by Gasteiger charge is -2.24. The molecule has 0 aromatic heterocycles. The van der Waals surface area contributed by atoms with Crippen LogP contribution in [-0.4, -0.2) is 24.8 Å². The predicted octanol–water partition coefficient (Wildman–Crippen LogP) is 1.89. The van der Waals surface area contributed by atoms with E-state index in [0.717, 1.165) is 19.0 Å². The maximum absolute atomic E-state index is 9.03. The summed E-state index contributed by atoms with van der Waals surface area (Å²) in [6.07, 6.45) is 0. The highest BCUT2D eigenvalue weighted by Crippen LogP contribution is 2.12. The Morgan fingerprint density at radius 3 is 2.15 bits per heavy atom. The van der Waals surface area contributed by atoms with E-state index in [1.807, 2.05) is 0 Å². The minimum Gasteiger partial charge on any atom is -0.396 e. The smallest absolute Gasteiger partial charge is 0.0494 e. The molecule has 0 bridgehead atoms. The van der Waals surface area contributed by atoms with Crippen molar-refractivity contribution in [2.45, 2.75) is 34.6 Å². The van der Waals surface area contributed by atoms with E-state index in [4.69, 9.17) is 5.11 Å². The lowest BCUT2D eigenvalue weighted by atomic mass is 9.93. The Bertz CT molecular complexity index is 132. The molecular weight excluding hydrogens is 162 g/mol. The summed E-state index contributed by atoms with van der Waals surface area (Å²) >= 11 is 0. The van der Waals surface area contributed by atoms with Crippen LogP contribution >= 0.6 is 0 Å². The zero-order valence-corrected chi connectivity index (χ0v) is 9.72. The van der Waals surface area contributed by atoms with Crippen LogP contribution in [0.5, 0.6) is 0 Å². The standard InChI is InChI=1S/C11H25NO/c1-9(2)10(3)6-12-7-11(4,5)8-13/h9-10,12-13H,6-8H2,1-5H3. The van der Waals surface area contributed by atoms with Gasteiger partial charge in [-0.15, -0.1) is 0 Å². The Hall–Kier alpha value is -0.0800. The zero-order valence-electron chi connectivity index (χ0n) is 9.72. The second-order valence-electron chi connectivity index (χ2n) is 5.17. The zero-order chi connectivity index (χ0) is 10.5. The fraction of sp³-hybridized carbons (Fsp3) is 1.00. The minimum atomic E-state index is 0.0106. The summed E-state index contributed by atoms with van der Waals surface area (Å²) in [7, 11) is 0. The maximum atomic E-state index is 9.03. The number of aliphatic hydroxyl groups excluding tert-OH is 1. The largest absolute Gasteiger partial charge is 0.396 e. The molecule has 0 aliphatic carbocycles. The molecule has 2 nitrogen and oxygen atoms in total. The van der Waals surface area contributed by atoms with E-state index < -0.39 is 0 Å². The minimum absolute atomic E-state index is 0.0106. The van der Waals surface area contributed by atoms with Gasteiger partial charge in [0, 0.05) is 18.6 Å². The predicted molar refractivity (Wildman–Crippen MR) is 57.7 cm³/mol. The van der Waals surface area contributed by atoms with Gasteiger partial charge in [-0.2, -0.15) is 0 Å². The second kappa shape index (κ2) is 5.61. The Balaban J connectivity index is 3.56. The van der Waals surface area contributed by atoms with Crippen molar-refractivity contribution in [3.05, 3.63) is 0 Å². The van der Waals surface area contributed by atoms with Crippen molar-refractivity contribution < 1.29 is 5.11 Å². The van der Waals surface area contributed by atoms with Gasteiger partial charge in [-0.05, 0) is 18.4 Å². The first-order chi connectivity index (χ1) is 5.89. The molecule has 2 N–H and O–H groups in total. The van der Waals surface area contributed by atoms with Crippen molar-refractivity contribution in [3.8, 4) is 0 Å². The van der Waals surface area contributed by atoms with E-state index >= 15 is 0 Å². The first kappa shape index (κ1) is 12.9. The summed E-state index contributed by atoms with van der Waals surface area (Å²) < 4.78 is 0. The van der Waals surface area contributed by atoms with Crippen LogP contribution in [0.4, 0.5) is 0 Å². The van der Waals surface area contributed by atoms with E-state index in [2.05, 4.69) is 39.9 Å². The Labute approximate surface area is 82.7 Å². The molecule has 0 amide bonds. The molecule has 0 fully saturated rings. The second-order valence-corrected chi connectivity index (χ2v) is 5.17.